The highest BCUT2D eigenvalue weighted by Gasteiger charge is 2.19. The third-order valence-corrected chi connectivity index (χ3v) is 2.90. The fourth-order valence-corrected chi connectivity index (χ4v) is 2.19. The zero-order chi connectivity index (χ0) is 12.1. The van der Waals surface area contributed by atoms with Crippen LogP contribution in [-0.2, 0) is 12.8 Å². The van der Waals surface area contributed by atoms with E-state index in [2.05, 4.69) is 55.5 Å². The van der Waals surface area contributed by atoms with Gasteiger partial charge in [-0.2, -0.15) is 0 Å². The first kappa shape index (κ1) is 11.9. The molecule has 0 aliphatic rings. The van der Waals surface area contributed by atoms with E-state index < -0.39 is 0 Å². The molecule has 0 heterocycles. The molecule has 0 aliphatic carbocycles. The van der Waals surface area contributed by atoms with Crippen molar-refractivity contribution >= 4 is 0 Å². The number of rotatable bonds is 4. The Labute approximate surface area is 103 Å². The van der Waals surface area contributed by atoms with Gasteiger partial charge < -0.3 is 5.73 Å². The molecule has 17 heavy (non-hydrogen) atoms. The summed E-state index contributed by atoms with van der Waals surface area (Å²) in [6.07, 6.45) is 1.81. The second-order valence-electron chi connectivity index (χ2n) is 4.98. The van der Waals surface area contributed by atoms with Crippen molar-refractivity contribution in [2.75, 3.05) is 0 Å². The lowest BCUT2D eigenvalue weighted by atomic mass is 9.87. The van der Waals surface area contributed by atoms with Crippen LogP contribution in [0.25, 0.3) is 0 Å². The van der Waals surface area contributed by atoms with E-state index in [1.807, 2.05) is 12.1 Å². The van der Waals surface area contributed by atoms with Crippen LogP contribution >= 0.6 is 0 Å². The van der Waals surface area contributed by atoms with Gasteiger partial charge in [0.05, 0.1) is 0 Å². The molecule has 2 aromatic rings. The summed E-state index contributed by atoms with van der Waals surface area (Å²) in [5, 5.41) is 0. The van der Waals surface area contributed by atoms with Crippen molar-refractivity contribution in [3.8, 4) is 0 Å². The lowest BCUT2D eigenvalue weighted by molar-refractivity contribution is 0.463. The van der Waals surface area contributed by atoms with E-state index in [4.69, 9.17) is 5.73 Å². The zero-order valence-corrected chi connectivity index (χ0v) is 10.3. The number of hydrogen-bond donors (Lipinski definition) is 1. The van der Waals surface area contributed by atoms with Crippen molar-refractivity contribution in [3.05, 3.63) is 71.8 Å². The van der Waals surface area contributed by atoms with Crippen molar-refractivity contribution in [1.29, 1.82) is 0 Å². The zero-order valence-electron chi connectivity index (χ0n) is 10.3. The van der Waals surface area contributed by atoms with E-state index >= 15 is 0 Å². The molecule has 0 spiro atoms. The lowest BCUT2D eigenvalue weighted by Crippen LogP contribution is -2.40. The third-order valence-electron chi connectivity index (χ3n) is 2.90. The Balaban J connectivity index is 2.04. The smallest absolute Gasteiger partial charge is 0.0207 e. The van der Waals surface area contributed by atoms with E-state index in [1.54, 1.807) is 0 Å². The molecule has 2 aromatic carbocycles. The summed E-state index contributed by atoms with van der Waals surface area (Å²) >= 11 is 0. The number of benzene rings is 2. The first-order valence-electron chi connectivity index (χ1n) is 6.02. The maximum absolute atomic E-state index is 6.38. The van der Waals surface area contributed by atoms with Crippen LogP contribution in [0.1, 0.15) is 18.1 Å². The molecule has 1 heteroatoms. The van der Waals surface area contributed by atoms with Crippen molar-refractivity contribution < 1.29 is 0 Å². The maximum Gasteiger partial charge on any atom is 0.0207 e. The van der Waals surface area contributed by atoms with Gasteiger partial charge in [0.1, 0.15) is 0 Å². The summed E-state index contributed by atoms with van der Waals surface area (Å²) in [5.41, 5.74) is 8.79. The molecule has 0 aromatic heterocycles. The van der Waals surface area contributed by atoms with E-state index in [-0.39, 0.29) is 5.54 Å². The van der Waals surface area contributed by atoms with Gasteiger partial charge in [-0.1, -0.05) is 60.7 Å². The monoisotopic (exact) mass is 225 g/mol. The highest BCUT2D eigenvalue weighted by molar-refractivity contribution is 5.21. The average molecular weight is 225 g/mol. The minimum Gasteiger partial charge on any atom is -0.325 e. The van der Waals surface area contributed by atoms with Crippen LogP contribution < -0.4 is 5.73 Å². The Morgan fingerprint density at radius 2 is 1.12 bits per heavy atom. The van der Waals surface area contributed by atoms with Crippen molar-refractivity contribution in [2.24, 2.45) is 5.73 Å². The highest BCUT2D eigenvalue weighted by atomic mass is 14.7. The topological polar surface area (TPSA) is 26.0 Å². The van der Waals surface area contributed by atoms with Crippen molar-refractivity contribution in [3.63, 3.8) is 0 Å². The molecule has 2 N–H and O–H groups in total. The number of hydrogen-bond acceptors (Lipinski definition) is 1. The van der Waals surface area contributed by atoms with Gasteiger partial charge in [0.15, 0.2) is 0 Å². The molecule has 2 rings (SSSR count). The molecule has 0 saturated carbocycles. The van der Waals surface area contributed by atoms with Crippen LogP contribution in [0.4, 0.5) is 0 Å². The lowest BCUT2D eigenvalue weighted by Gasteiger charge is -2.25. The standard InChI is InChI=1S/C16H19N/c1-16(17,12-14-8-4-2-5-9-14)13-15-10-6-3-7-11-15/h2-11H,12-13,17H2,1H3. The fraction of sp³-hybridized carbons (Fsp3) is 0.250. The first-order chi connectivity index (χ1) is 8.16. The predicted molar refractivity (Wildman–Crippen MR) is 72.9 cm³/mol. The molecule has 0 bridgehead atoms. The third kappa shape index (κ3) is 3.72. The molecule has 0 atom stereocenters. The van der Waals surface area contributed by atoms with Gasteiger partial charge in [-0.15, -0.1) is 0 Å². The van der Waals surface area contributed by atoms with Crippen LogP contribution in [0.15, 0.2) is 60.7 Å². The summed E-state index contributed by atoms with van der Waals surface area (Å²) < 4.78 is 0. The molecular formula is C16H19N. The molecule has 0 unspecified atom stereocenters. The second-order valence-corrected chi connectivity index (χ2v) is 4.98. The molecule has 88 valence electrons. The van der Waals surface area contributed by atoms with Gasteiger partial charge in [-0.25, -0.2) is 0 Å². The van der Waals surface area contributed by atoms with E-state index in [0.29, 0.717) is 0 Å². The van der Waals surface area contributed by atoms with Crippen LogP contribution in [0.2, 0.25) is 0 Å². The average Bonchev–Trinajstić information content (AvgIpc) is 2.30. The highest BCUT2D eigenvalue weighted by Crippen LogP contribution is 2.16. The molecule has 0 amide bonds. The molecular weight excluding hydrogens is 206 g/mol. The summed E-state index contributed by atoms with van der Waals surface area (Å²) in [7, 11) is 0. The Morgan fingerprint density at radius 3 is 1.47 bits per heavy atom. The molecule has 0 aliphatic heterocycles. The summed E-state index contributed by atoms with van der Waals surface area (Å²) in [5.74, 6) is 0. The summed E-state index contributed by atoms with van der Waals surface area (Å²) in [6, 6.07) is 20.9. The maximum atomic E-state index is 6.38. The SMILES string of the molecule is CC(N)(Cc1ccccc1)Cc1ccccc1. The Hall–Kier alpha value is -1.60. The molecule has 1 nitrogen and oxygen atoms in total. The van der Waals surface area contributed by atoms with Gasteiger partial charge in [0.25, 0.3) is 0 Å². The largest absolute Gasteiger partial charge is 0.325 e. The Bertz CT molecular complexity index is 402. The van der Waals surface area contributed by atoms with E-state index in [0.717, 1.165) is 12.8 Å². The van der Waals surface area contributed by atoms with E-state index in [9.17, 15) is 0 Å². The van der Waals surface area contributed by atoms with Gasteiger partial charge >= 0.3 is 0 Å². The van der Waals surface area contributed by atoms with Crippen LogP contribution in [0.5, 0.6) is 0 Å². The first-order valence-corrected chi connectivity index (χ1v) is 6.02. The summed E-state index contributed by atoms with van der Waals surface area (Å²) in [6.45, 7) is 2.12. The van der Waals surface area contributed by atoms with Crippen LogP contribution in [0, 0.1) is 0 Å². The normalized spacial score (nSPS) is 11.4. The van der Waals surface area contributed by atoms with Crippen molar-refractivity contribution in [2.45, 2.75) is 25.3 Å². The van der Waals surface area contributed by atoms with Crippen LogP contribution in [0.3, 0.4) is 0 Å². The van der Waals surface area contributed by atoms with Gasteiger partial charge in [-0.3, -0.25) is 0 Å². The Kier molecular flexibility index (Phi) is 3.60. The van der Waals surface area contributed by atoms with Gasteiger partial charge in [0.2, 0.25) is 0 Å². The van der Waals surface area contributed by atoms with Gasteiger partial charge in [-0.05, 0) is 30.9 Å². The minimum absolute atomic E-state index is 0.192. The molecule has 0 radical (unpaired) electrons. The fourth-order valence-electron chi connectivity index (χ4n) is 2.19. The van der Waals surface area contributed by atoms with Gasteiger partial charge in [0, 0.05) is 5.54 Å². The van der Waals surface area contributed by atoms with Crippen molar-refractivity contribution in [1.82, 2.24) is 0 Å². The minimum atomic E-state index is -0.192. The van der Waals surface area contributed by atoms with E-state index in [1.165, 1.54) is 11.1 Å². The van der Waals surface area contributed by atoms with Crippen LogP contribution in [-0.4, -0.2) is 5.54 Å². The molecule has 0 fully saturated rings. The summed E-state index contributed by atoms with van der Waals surface area (Å²) in [4.78, 5) is 0. The second kappa shape index (κ2) is 5.15. The Morgan fingerprint density at radius 1 is 0.765 bits per heavy atom. The number of nitrogens with two attached hydrogens (primary N) is 1. The predicted octanol–water partition coefficient (Wildman–Crippen LogP) is 3.19. The quantitative estimate of drug-likeness (QED) is 0.849. The molecule has 0 saturated heterocycles.